The van der Waals surface area contributed by atoms with Crippen molar-refractivity contribution in [3.05, 3.63) is 30.2 Å². The minimum atomic E-state index is -0.0662. The molecule has 1 amide bonds. The second-order valence-electron chi connectivity index (χ2n) is 5.60. The fraction of sp³-hybridized carbons (Fsp3) is 0.500. The van der Waals surface area contributed by atoms with Gasteiger partial charge in [-0.3, -0.25) is 4.79 Å². The molecule has 2 aromatic heterocycles. The summed E-state index contributed by atoms with van der Waals surface area (Å²) in [6.07, 6.45) is 3.62. The lowest BCUT2D eigenvalue weighted by atomic mass is 9.96. The van der Waals surface area contributed by atoms with Crippen LogP contribution in [0, 0.1) is 5.92 Å². The van der Waals surface area contributed by atoms with Crippen LogP contribution in [0.5, 0.6) is 0 Å². The standard InChI is InChI=1S/C16H21N3O3.ClH/c1-2-17-11-12-5-7-19(8-6-12)16(20)13-10-15(22-18-13)14-4-3-9-21-14;/h3-4,9-10,12,17H,2,5-8,11H2,1H3;1H. The summed E-state index contributed by atoms with van der Waals surface area (Å²) in [6, 6.07) is 5.20. The number of furan rings is 1. The Hall–Kier alpha value is -1.79. The first-order valence-corrected chi connectivity index (χ1v) is 7.78. The van der Waals surface area contributed by atoms with Gasteiger partial charge in [0.05, 0.1) is 6.26 Å². The molecule has 23 heavy (non-hydrogen) atoms. The summed E-state index contributed by atoms with van der Waals surface area (Å²) in [5.74, 6) is 1.65. The molecule has 6 nitrogen and oxygen atoms in total. The van der Waals surface area contributed by atoms with Gasteiger partial charge in [-0.05, 0) is 44.0 Å². The van der Waals surface area contributed by atoms with E-state index in [1.165, 1.54) is 0 Å². The Kier molecular flexibility index (Phi) is 6.24. The van der Waals surface area contributed by atoms with Crippen LogP contribution in [0.15, 0.2) is 33.4 Å². The SMILES string of the molecule is CCNCC1CCN(C(=O)c2cc(-c3ccco3)on2)CC1.Cl. The van der Waals surface area contributed by atoms with E-state index in [-0.39, 0.29) is 18.3 Å². The van der Waals surface area contributed by atoms with Gasteiger partial charge in [0.2, 0.25) is 5.76 Å². The Balaban J connectivity index is 0.00000192. The van der Waals surface area contributed by atoms with Gasteiger partial charge in [0.1, 0.15) is 0 Å². The number of amides is 1. The molecule has 0 spiro atoms. The Morgan fingerprint density at radius 2 is 2.17 bits per heavy atom. The predicted octanol–water partition coefficient (Wildman–Crippen LogP) is 2.82. The van der Waals surface area contributed by atoms with Crippen molar-refractivity contribution < 1.29 is 13.7 Å². The number of carbonyl (C=O) groups is 1. The highest BCUT2D eigenvalue weighted by Gasteiger charge is 2.25. The van der Waals surface area contributed by atoms with Crippen LogP contribution in [0.25, 0.3) is 11.5 Å². The highest BCUT2D eigenvalue weighted by atomic mass is 35.5. The van der Waals surface area contributed by atoms with E-state index in [0.29, 0.717) is 23.1 Å². The Bertz CT molecular complexity index is 604. The molecular formula is C16H22ClN3O3. The predicted molar refractivity (Wildman–Crippen MR) is 88.6 cm³/mol. The lowest BCUT2D eigenvalue weighted by Crippen LogP contribution is -2.40. The third kappa shape index (κ3) is 4.14. The molecule has 126 valence electrons. The number of nitrogens with zero attached hydrogens (tertiary/aromatic N) is 2. The molecule has 1 aliphatic rings. The van der Waals surface area contributed by atoms with E-state index in [9.17, 15) is 4.79 Å². The number of hydrogen-bond donors (Lipinski definition) is 1. The monoisotopic (exact) mass is 339 g/mol. The average Bonchev–Trinajstić information content (AvgIpc) is 3.23. The van der Waals surface area contributed by atoms with Gasteiger partial charge in [-0.25, -0.2) is 0 Å². The van der Waals surface area contributed by atoms with Crippen LogP contribution in [0.4, 0.5) is 0 Å². The fourth-order valence-electron chi connectivity index (χ4n) is 2.76. The number of halogens is 1. The molecule has 0 bridgehead atoms. The van der Waals surface area contributed by atoms with Crippen LogP contribution in [0.3, 0.4) is 0 Å². The van der Waals surface area contributed by atoms with E-state index in [1.54, 1.807) is 24.5 Å². The second kappa shape index (κ2) is 8.17. The summed E-state index contributed by atoms with van der Waals surface area (Å²) in [7, 11) is 0. The van der Waals surface area contributed by atoms with Gasteiger partial charge in [-0.15, -0.1) is 12.4 Å². The third-order valence-electron chi connectivity index (χ3n) is 4.08. The zero-order valence-electron chi connectivity index (χ0n) is 13.2. The first kappa shape index (κ1) is 17.6. The number of likely N-dealkylation sites (tertiary alicyclic amines) is 1. The van der Waals surface area contributed by atoms with Crippen LogP contribution >= 0.6 is 12.4 Å². The summed E-state index contributed by atoms with van der Waals surface area (Å²) < 4.78 is 10.4. The quantitative estimate of drug-likeness (QED) is 0.907. The summed E-state index contributed by atoms with van der Waals surface area (Å²) in [6.45, 7) is 5.69. The van der Waals surface area contributed by atoms with E-state index in [4.69, 9.17) is 8.94 Å². The molecule has 0 aliphatic carbocycles. The molecule has 3 heterocycles. The molecule has 2 aromatic rings. The zero-order valence-corrected chi connectivity index (χ0v) is 14.0. The van der Waals surface area contributed by atoms with Crippen LogP contribution in [0.1, 0.15) is 30.3 Å². The van der Waals surface area contributed by atoms with Crippen molar-refractivity contribution >= 4 is 18.3 Å². The molecule has 0 atom stereocenters. The number of piperidine rings is 1. The molecule has 1 fully saturated rings. The van der Waals surface area contributed by atoms with E-state index < -0.39 is 0 Å². The number of nitrogens with one attached hydrogen (secondary N) is 1. The summed E-state index contributed by atoms with van der Waals surface area (Å²) >= 11 is 0. The molecule has 7 heteroatoms. The van der Waals surface area contributed by atoms with Crippen molar-refractivity contribution in [2.24, 2.45) is 5.92 Å². The normalized spacial score (nSPS) is 15.4. The van der Waals surface area contributed by atoms with E-state index >= 15 is 0 Å². The largest absolute Gasteiger partial charge is 0.461 e. The fourth-order valence-corrected chi connectivity index (χ4v) is 2.76. The first-order chi connectivity index (χ1) is 10.8. The molecule has 1 saturated heterocycles. The smallest absolute Gasteiger partial charge is 0.276 e. The Morgan fingerprint density at radius 3 is 2.83 bits per heavy atom. The van der Waals surface area contributed by atoms with Gasteiger partial charge < -0.3 is 19.2 Å². The molecule has 1 N–H and O–H groups in total. The number of aromatic nitrogens is 1. The average molecular weight is 340 g/mol. The highest BCUT2D eigenvalue weighted by Crippen LogP contribution is 2.23. The topological polar surface area (TPSA) is 71.5 Å². The summed E-state index contributed by atoms with van der Waals surface area (Å²) in [5.41, 5.74) is 0.344. The van der Waals surface area contributed by atoms with Gasteiger partial charge in [0, 0.05) is 19.2 Å². The van der Waals surface area contributed by atoms with Crippen LogP contribution in [0.2, 0.25) is 0 Å². The molecule has 3 rings (SSSR count). The lowest BCUT2D eigenvalue weighted by molar-refractivity contribution is 0.0680. The van der Waals surface area contributed by atoms with Crippen LogP contribution in [-0.4, -0.2) is 42.1 Å². The maximum atomic E-state index is 12.5. The molecule has 0 radical (unpaired) electrons. The van der Waals surface area contributed by atoms with Gasteiger partial charge in [0.15, 0.2) is 11.5 Å². The number of rotatable bonds is 5. The van der Waals surface area contributed by atoms with Gasteiger partial charge in [0.25, 0.3) is 5.91 Å². The van der Waals surface area contributed by atoms with Gasteiger partial charge in [-0.1, -0.05) is 12.1 Å². The molecule has 0 unspecified atom stereocenters. The minimum Gasteiger partial charge on any atom is -0.461 e. The second-order valence-corrected chi connectivity index (χ2v) is 5.60. The van der Waals surface area contributed by atoms with Crippen LogP contribution < -0.4 is 5.32 Å². The van der Waals surface area contributed by atoms with Crippen molar-refractivity contribution in [3.63, 3.8) is 0 Å². The summed E-state index contributed by atoms with van der Waals surface area (Å²) in [4.78, 5) is 14.3. The highest BCUT2D eigenvalue weighted by molar-refractivity contribution is 5.93. The van der Waals surface area contributed by atoms with Gasteiger partial charge >= 0.3 is 0 Å². The van der Waals surface area contributed by atoms with Crippen molar-refractivity contribution in [2.75, 3.05) is 26.2 Å². The number of carbonyl (C=O) groups excluding carboxylic acids is 1. The minimum absolute atomic E-state index is 0. The molecule has 1 aliphatic heterocycles. The van der Waals surface area contributed by atoms with Crippen molar-refractivity contribution in [2.45, 2.75) is 19.8 Å². The Morgan fingerprint density at radius 1 is 1.39 bits per heavy atom. The molecular weight excluding hydrogens is 318 g/mol. The van der Waals surface area contributed by atoms with Gasteiger partial charge in [-0.2, -0.15) is 0 Å². The first-order valence-electron chi connectivity index (χ1n) is 7.78. The van der Waals surface area contributed by atoms with Crippen LogP contribution in [-0.2, 0) is 0 Å². The molecule has 0 aromatic carbocycles. The Labute approximate surface area is 141 Å². The maximum Gasteiger partial charge on any atom is 0.276 e. The van der Waals surface area contributed by atoms with Crippen molar-refractivity contribution in [1.29, 1.82) is 0 Å². The van der Waals surface area contributed by atoms with Crippen molar-refractivity contribution in [3.8, 4) is 11.5 Å². The molecule has 0 saturated carbocycles. The third-order valence-corrected chi connectivity index (χ3v) is 4.08. The van der Waals surface area contributed by atoms with Crippen molar-refractivity contribution in [1.82, 2.24) is 15.4 Å². The zero-order chi connectivity index (χ0) is 15.4. The van der Waals surface area contributed by atoms with E-state index in [0.717, 1.165) is 39.0 Å². The maximum absolute atomic E-state index is 12.5. The lowest BCUT2D eigenvalue weighted by Gasteiger charge is -2.31. The van der Waals surface area contributed by atoms with E-state index in [1.807, 2.05) is 4.90 Å². The van der Waals surface area contributed by atoms with E-state index in [2.05, 4.69) is 17.4 Å². The number of hydrogen-bond acceptors (Lipinski definition) is 5. The summed E-state index contributed by atoms with van der Waals surface area (Å²) in [5, 5.41) is 7.25.